The van der Waals surface area contributed by atoms with Crippen LogP contribution in [0.1, 0.15) is 24.1 Å². The van der Waals surface area contributed by atoms with E-state index in [0.717, 1.165) is 17.0 Å². The number of anilines is 1. The number of benzene rings is 2. The van der Waals surface area contributed by atoms with Crippen molar-refractivity contribution in [2.75, 3.05) is 32.3 Å². The van der Waals surface area contributed by atoms with Crippen molar-refractivity contribution in [1.82, 2.24) is 4.57 Å². The third-order valence-electron chi connectivity index (χ3n) is 6.22. The van der Waals surface area contributed by atoms with Crippen LogP contribution in [0, 0.1) is 0 Å². The van der Waals surface area contributed by atoms with Gasteiger partial charge < -0.3 is 14.4 Å². The van der Waals surface area contributed by atoms with Crippen LogP contribution in [0.2, 0.25) is 5.02 Å². The topological polar surface area (TPSA) is 90.2 Å². The molecule has 0 saturated carbocycles. The van der Waals surface area contributed by atoms with Crippen LogP contribution in [0.15, 0.2) is 69.6 Å². The zero-order valence-electron chi connectivity index (χ0n) is 19.8. The summed E-state index contributed by atoms with van der Waals surface area (Å²) in [4.78, 5) is 46.9. The second kappa shape index (κ2) is 9.50. The molecule has 0 aliphatic carbocycles. The van der Waals surface area contributed by atoms with E-state index < -0.39 is 17.6 Å². The molecule has 3 heterocycles. The molecular formula is C26H22ClN3O5S. The molecule has 0 bridgehead atoms. The molecule has 1 atom stereocenters. The molecule has 3 aromatic rings. The first-order valence-electron chi connectivity index (χ1n) is 11.2. The number of hydrogen-bond donors (Lipinski definition) is 0. The Hall–Kier alpha value is -3.53. The smallest absolute Gasteiger partial charge is 0.338 e. The van der Waals surface area contributed by atoms with Crippen molar-refractivity contribution < 1.29 is 19.1 Å². The lowest BCUT2D eigenvalue weighted by Gasteiger charge is -2.25. The largest absolute Gasteiger partial charge is 0.460 e. The van der Waals surface area contributed by atoms with E-state index in [9.17, 15) is 14.4 Å². The van der Waals surface area contributed by atoms with Crippen LogP contribution in [0.5, 0.6) is 0 Å². The second-order valence-electron chi connectivity index (χ2n) is 8.31. The predicted octanol–water partition coefficient (Wildman–Crippen LogP) is 2.42. The van der Waals surface area contributed by atoms with Gasteiger partial charge in [-0.2, -0.15) is 0 Å². The van der Waals surface area contributed by atoms with Gasteiger partial charge in [0.15, 0.2) is 4.80 Å². The van der Waals surface area contributed by atoms with Gasteiger partial charge in [-0.3, -0.25) is 14.2 Å². The van der Waals surface area contributed by atoms with E-state index in [1.165, 1.54) is 16.6 Å². The summed E-state index contributed by atoms with van der Waals surface area (Å²) in [6, 6.07) is 13.5. The van der Waals surface area contributed by atoms with Crippen LogP contribution >= 0.6 is 22.9 Å². The average molecular weight is 524 g/mol. The third kappa shape index (κ3) is 3.80. The summed E-state index contributed by atoms with van der Waals surface area (Å²) in [5, 5.41) is 0.389. The summed E-state index contributed by atoms with van der Waals surface area (Å²) in [6.07, 6.45) is 0. The summed E-state index contributed by atoms with van der Waals surface area (Å²) < 4.78 is 12.1. The van der Waals surface area contributed by atoms with Gasteiger partial charge in [-0.05, 0) is 24.6 Å². The van der Waals surface area contributed by atoms with E-state index in [2.05, 4.69) is 4.99 Å². The number of thiazole rings is 1. The van der Waals surface area contributed by atoms with Gasteiger partial charge in [0, 0.05) is 24.7 Å². The standard InChI is InChI=1S/C26H22ClN3O5S/c1-14-19(25(33)35-13-12-34-3)21(15-8-4-6-10-17(15)27)30-24(32)22(36-26(30)28-14)20-16-9-5-7-11-18(16)29(2)23(20)31/h4-11,21H,12-13H2,1-3H3/b22-20-. The number of aromatic nitrogens is 1. The zero-order valence-corrected chi connectivity index (χ0v) is 21.4. The molecule has 0 saturated heterocycles. The van der Waals surface area contributed by atoms with Crippen LogP contribution < -0.4 is 19.8 Å². The van der Waals surface area contributed by atoms with Crippen molar-refractivity contribution >= 4 is 46.1 Å². The fourth-order valence-corrected chi connectivity index (χ4v) is 5.88. The molecule has 1 aromatic heterocycles. The number of carbonyl (C=O) groups excluding carboxylic acids is 2. The molecular weight excluding hydrogens is 502 g/mol. The summed E-state index contributed by atoms with van der Waals surface area (Å²) in [5.41, 5.74) is 2.48. The highest BCUT2D eigenvalue weighted by Gasteiger charge is 2.37. The second-order valence-corrected chi connectivity index (χ2v) is 9.69. The van der Waals surface area contributed by atoms with Crippen molar-refractivity contribution in [2.45, 2.75) is 13.0 Å². The molecule has 0 spiro atoms. The number of methoxy groups -OCH3 is 1. The Balaban J connectivity index is 1.78. The first-order chi connectivity index (χ1) is 17.3. The van der Waals surface area contributed by atoms with Gasteiger partial charge in [-0.15, -0.1) is 0 Å². The van der Waals surface area contributed by atoms with Gasteiger partial charge in [-0.25, -0.2) is 9.79 Å². The van der Waals surface area contributed by atoms with Crippen molar-refractivity contribution in [2.24, 2.45) is 4.99 Å². The number of allylic oxidation sites excluding steroid dienone is 1. The molecule has 36 heavy (non-hydrogen) atoms. The molecule has 1 amide bonds. The van der Waals surface area contributed by atoms with Gasteiger partial charge in [-0.1, -0.05) is 59.3 Å². The number of fused-ring (bicyclic) bond motifs is 2. The highest BCUT2D eigenvalue weighted by Crippen LogP contribution is 2.36. The first-order valence-corrected chi connectivity index (χ1v) is 12.4. The van der Waals surface area contributed by atoms with Crippen LogP contribution in [-0.4, -0.2) is 43.8 Å². The van der Waals surface area contributed by atoms with Crippen LogP contribution in [-0.2, 0) is 19.1 Å². The van der Waals surface area contributed by atoms with E-state index in [4.69, 9.17) is 21.1 Å². The van der Waals surface area contributed by atoms with Gasteiger partial charge >= 0.3 is 5.97 Å². The minimum Gasteiger partial charge on any atom is -0.460 e. The van der Waals surface area contributed by atoms with Crippen molar-refractivity contribution in [3.05, 3.63) is 95.6 Å². The van der Waals surface area contributed by atoms with Gasteiger partial charge in [0.05, 0.1) is 29.1 Å². The minimum absolute atomic E-state index is 0.0492. The van der Waals surface area contributed by atoms with E-state index in [1.807, 2.05) is 24.3 Å². The number of ether oxygens (including phenoxy) is 2. The van der Waals surface area contributed by atoms with Crippen molar-refractivity contribution in [3.63, 3.8) is 0 Å². The molecule has 184 valence electrons. The molecule has 0 fully saturated rings. The molecule has 8 nitrogen and oxygen atoms in total. The number of nitrogens with zero attached hydrogens (tertiary/aromatic N) is 3. The highest BCUT2D eigenvalue weighted by atomic mass is 35.5. The van der Waals surface area contributed by atoms with Gasteiger partial charge in [0.1, 0.15) is 17.2 Å². The maximum Gasteiger partial charge on any atom is 0.338 e. The van der Waals surface area contributed by atoms with E-state index in [0.29, 0.717) is 32.2 Å². The Labute approximate surface area is 215 Å². The Kier molecular flexibility index (Phi) is 6.38. The summed E-state index contributed by atoms with van der Waals surface area (Å²) in [6.45, 7) is 1.97. The maximum atomic E-state index is 14.0. The number of rotatable bonds is 5. The monoisotopic (exact) mass is 523 g/mol. The number of halogens is 1. The molecule has 0 N–H and O–H groups in total. The van der Waals surface area contributed by atoms with Crippen LogP contribution in [0.25, 0.3) is 5.57 Å². The third-order valence-corrected chi connectivity index (χ3v) is 7.62. The number of likely N-dealkylation sites (N-methyl/N-ethyl adjacent to an activating group) is 1. The molecule has 5 rings (SSSR count). The van der Waals surface area contributed by atoms with Crippen LogP contribution in [0.4, 0.5) is 5.69 Å². The van der Waals surface area contributed by atoms with Gasteiger partial charge in [0.25, 0.3) is 11.5 Å². The summed E-state index contributed by atoms with van der Waals surface area (Å²) in [5.74, 6) is -0.885. The number of carbonyl (C=O) groups is 2. The molecule has 2 aromatic carbocycles. The Morgan fingerprint density at radius 1 is 1.11 bits per heavy atom. The van der Waals surface area contributed by atoms with Gasteiger partial charge in [0.2, 0.25) is 0 Å². The quantitative estimate of drug-likeness (QED) is 0.378. The maximum absolute atomic E-state index is 14.0. The average Bonchev–Trinajstić information content (AvgIpc) is 3.31. The van der Waals surface area contributed by atoms with Crippen molar-refractivity contribution in [1.29, 1.82) is 0 Å². The Morgan fingerprint density at radius 2 is 1.83 bits per heavy atom. The lowest BCUT2D eigenvalue weighted by molar-refractivity contribution is -0.140. The molecule has 1 unspecified atom stereocenters. The SMILES string of the molecule is COCCOC(=O)C1=C(C)N=c2s/c(=C3\C(=O)N(C)c4ccccc43)c(=O)n2C1c1ccccc1Cl. The van der Waals surface area contributed by atoms with E-state index in [1.54, 1.807) is 38.2 Å². The molecule has 10 heteroatoms. The fourth-order valence-electron chi connectivity index (χ4n) is 4.51. The van der Waals surface area contributed by atoms with Crippen LogP contribution in [0.3, 0.4) is 0 Å². The Bertz CT molecular complexity index is 1620. The highest BCUT2D eigenvalue weighted by molar-refractivity contribution is 7.07. The summed E-state index contributed by atoms with van der Waals surface area (Å²) >= 11 is 7.68. The normalized spacial score (nSPS) is 18.2. The first kappa shape index (κ1) is 24.2. The predicted molar refractivity (Wildman–Crippen MR) is 137 cm³/mol. The minimum atomic E-state index is -0.871. The molecule has 2 aliphatic rings. The zero-order chi connectivity index (χ0) is 25.6. The number of esters is 1. The molecule has 2 aliphatic heterocycles. The van der Waals surface area contributed by atoms with E-state index in [-0.39, 0.29) is 29.2 Å². The fraction of sp³-hybridized carbons (Fsp3) is 0.231. The number of para-hydroxylation sites is 1. The van der Waals surface area contributed by atoms with Crippen molar-refractivity contribution in [3.8, 4) is 0 Å². The number of hydrogen-bond acceptors (Lipinski definition) is 7. The number of amides is 1. The molecule has 0 radical (unpaired) electrons. The lowest BCUT2D eigenvalue weighted by atomic mass is 9.96. The Morgan fingerprint density at radius 3 is 2.58 bits per heavy atom. The lowest BCUT2D eigenvalue weighted by Crippen LogP contribution is -2.41. The van der Waals surface area contributed by atoms with E-state index >= 15 is 0 Å². The summed E-state index contributed by atoms with van der Waals surface area (Å²) in [7, 11) is 3.19.